The summed E-state index contributed by atoms with van der Waals surface area (Å²) in [6, 6.07) is 10.2. The quantitative estimate of drug-likeness (QED) is 0.852. The Labute approximate surface area is 106 Å². The monoisotopic (exact) mass is 247 g/mol. The lowest BCUT2D eigenvalue weighted by molar-refractivity contribution is 0.600. The van der Waals surface area contributed by atoms with E-state index in [1.165, 1.54) is 10.4 Å². The highest BCUT2D eigenvalue weighted by Crippen LogP contribution is 2.12. The van der Waals surface area contributed by atoms with Gasteiger partial charge in [0, 0.05) is 24.0 Å². The lowest BCUT2D eigenvalue weighted by atomic mass is 10.1. The standard InChI is InChI=1S/C13H17N3S/c1-10-13(17-9-16-10)8-15-7-12(14)11-5-3-2-4-6-11/h2-6,9,12,15H,7-8,14H2,1H3/t12-/m0/s1. The second kappa shape index (κ2) is 5.91. The molecule has 0 amide bonds. The summed E-state index contributed by atoms with van der Waals surface area (Å²) >= 11 is 1.68. The van der Waals surface area contributed by atoms with E-state index in [-0.39, 0.29) is 6.04 Å². The van der Waals surface area contributed by atoms with E-state index in [1.807, 2.05) is 30.6 Å². The number of nitrogens with two attached hydrogens (primary N) is 1. The number of hydrogen-bond acceptors (Lipinski definition) is 4. The summed E-state index contributed by atoms with van der Waals surface area (Å²) in [4.78, 5) is 5.50. The molecule has 0 radical (unpaired) electrons. The Kier molecular flexibility index (Phi) is 4.25. The molecule has 17 heavy (non-hydrogen) atoms. The van der Waals surface area contributed by atoms with Gasteiger partial charge in [0.1, 0.15) is 0 Å². The number of benzene rings is 1. The van der Waals surface area contributed by atoms with Crippen LogP contribution in [0.15, 0.2) is 35.8 Å². The van der Waals surface area contributed by atoms with Crippen molar-refractivity contribution in [1.29, 1.82) is 0 Å². The van der Waals surface area contributed by atoms with Gasteiger partial charge in [-0.05, 0) is 12.5 Å². The molecule has 1 heterocycles. The van der Waals surface area contributed by atoms with Crippen LogP contribution < -0.4 is 11.1 Å². The highest BCUT2D eigenvalue weighted by atomic mass is 32.1. The molecule has 90 valence electrons. The van der Waals surface area contributed by atoms with Crippen LogP contribution in [-0.2, 0) is 6.54 Å². The van der Waals surface area contributed by atoms with Crippen molar-refractivity contribution in [3.63, 3.8) is 0 Å². The molecule has 3 nitrogen and oxygen atoms in total. The van der Waals surface area contributed by atoms with Gasteiger partial charge in [-0.15, -0.1) is 11.3 Å². The Morgan fingerprint density at radius 1 is 1.35 bits per heavy atom. The van der Waals surface area contributed by atoms with E-state index in [0.717, 1.165) is 18.8 Å². The summed E-state index contributed by atoms with van der Waals surface area (Å²) in [6.45, 7) is 3.66. The molecule has 4 heteroatoms. The van der Waals surface area contributed by atoms with Gasteiger partial charge in [-0.25, -0.2) is 4.98 Å². The van der Waals surface area contributed by atoms with Gasteiger partial charge >= 0.3 is 0 Å². The summed E-state index contributed by atoms with van der Waals surface area (Å²) in [6.07, 6.45) is 0. The maximum absolute atomic E-state index is 6.10. The molecule has 1 atom stereocenters. The number of hydrogen-bond donors (Lipinski definition) is 2. The van der Waals surface area contributed by atoms with Crippen molar-refractivity contribution >= 4 is 11.3 Å². The van der Waals surface area contributed by atoms with Gasteiger partial charge in [0.2, 0.25) is 0 Å². The van der Waals surface area contributed by atoms with Crippen LogP contribution in [0.3, 0.4) is 0 Å². The van der Waals surface area contributed by atoms with Crippen molar-refractivity contribution in [3.05, 3.63) is 52.0 Å². The molecule has 0 aliphatic heterocycles. The Bertz CT molecular complexity index is 453. The minimum atomic E-state index is 0.0458. The van der Waals surface area contributed by atoms with Crippen molar-refractivity contribution in [2.24, 2.45) is 5.73 Å². The molecule has 0 spiro atoms. The molecule has 0 saturated heterocycles. The topological polar surface area (TPSA) is 50.9 Å². The number of aryl methyl sites for hydroxylation is 1. The lowest BCUT2D eigenvalue weighted by Crippen LogP contribution is -2.26. The van der Waals surface area contributed by atoms with Crippen LogP contribution in [-0.4, -0.2) is 11.5 Å². The Hall–Kier alpha value is -1.23. The first-order chi connectivity index (χ1) is 8.27. The third-order valence-electron chi connectivity index (χ3n) is 2.72. The summed E-state index contributed by atoms with van der Waals surface area (Å²) < 4.78 is 0. The van der Waals surface area contributed by atoms with E-state index in [0.29, 0.717) is 0 Å². The zero-order valence-electron chi connectivity index (χ0n) is 9.89. The van der Waals surface area contributed by atoms with Crippen LogP contribution in [0.5, 0.6) is 0 Å². The van der Waals surface area contributed by atoms with E-state index in [2.05, 4.69) is 22.4 Å². The van der Waals surface area contributed by atoms with E-state index < -0.39 is 0 Å². The molecule has 1 aromatic heterocycles. The largest absolute Gasteiger partial charge is 0.323 e. The van der Waals surface area contributed by atoms with Crippen LogP contribution in [0.4, 0.5) is 0 Å². The maximum atomic E-state index is 6.10. The van der Waals surface area contributed by atoms with Gasteiger partial charge in [-0.1, -0.05) is 30.3 Å². The van der Waals surface area contributed by atoms with Crippen LogP contribution in [0, 0.1) is 6.92 Å². The molecule has 0 fully saturated rings. The SMILES string of the molecule is Cc1ncsc1CNC[C@H](N)c1ccccc1. The Balaban J connectivity index is 1.81. The third kappa shape index (κ3) is 3.36. The zero-order chi connectivity index (χ0) is 12.1. The number of nitrogens with zero attached hydrogens (tertiary/aromatic N) is 1. The number of thiazole rings is 1. The Morgan fingerprint density at radius 3 is 2.76 bits per heavy atom. The minimum Gasteiger partial charge on any atom is -0.323 e. The molecule has 1 aromatic carbocycles. The molecule has 0 unspecified atom stereocenters. The number of rotatable bonds is 5. The molecule has 0 bridgehead atoms. The van der Waals surface area contributed by atoms with E-state index in [4.69, 9.17) is 5.73 Å². The summed E-state index contributed by atoms with van der Waals surface area (Å²) in [5.74, 6) is 0. The van der Waals surface area contributed by atoms with Crippen molar-refractivity contribution < 1.29 is 0 Å². The highest BCUT2D eigenvalue weighted by Gasteiger charge is 2.05. The average molecular weight is 247 g/mol. The highest BCUT2D eigenvalue weighted by molar-refractivity contribution is 7.09. The van der Waals surface area contributed by atoms with Gasteiger partial charge < -0.3 is 11.1 Å². The van der Waals surface area contributed by atoms with Gasteiger partial charge in [-0.2, -0.15) is 0 Å². The predicted molar refractivity (Wildman–Crippen MR) is 71.9 cm³/mol. The third-order valence-corrected chi connectivity index (χ3v) is 3.66. The van der Waals surface area contributed by atoms with Gasteiger partial charge in [0.05, 0.1) is 11.2 Å². The smallest absolute Gasteiger partial charge is 0.0798 e. The molecule has 0 saturated carbocycles. The Morgan fingerprint density at radius 2 is 2.12 bits per heavy atom. The molecular weight excluding hydrogens is 230 g/mol. The molecule has 0 aliphatic carbocycles. The normalized spacial score (nSPS) is 12.6. The average Bonchev–Trinajstić information content (AvgIpc) is 2.76. The van der Waals surface area contributed by atoms with E-state index >= 15 is 0 Å². The summed E-state index contributed by atoms with van der Waals surface area (Å²) in [7, 11) is 0. The molecule has 3 N–H and O–H groups in total. The van der Waals surface area contributed by atoms with E-state index in [9.17, 15) is 0 Å². The molecule has 2 rings (SSSR count). The molecular formula is C13H17N3S. The second-order valence-corrected chi connectivity index (χ2v) is 4.95. The van der Waals surface area contributed by atoms with Crippen molar-refractivity contribution in [1.82, 2.24) is 10.3 Å². The molecule has 0 aliphatic rings. The fourth-order valence-electron chi connectivity index (χ4n) is 1.66. The van der Waals surface area contributed by atoms with Gasteiger partial charge in [0.25, 0.3) is 0 Å². The summed E-state index contributed by atoms with van der Waals surface area (Å²) in [5.41, 5.74) is 10.3. The number of aromatic nitrogens is 1. The lowest BCUT2D eigenvalue weighted by Gasteiger charge is -2.12. The molecule has 2 aromatic rings. The fraction of sp³-hybridized carbons (Fsp3) is 0.308. The van der Waals surface area contributed by atoms with Gasteiger partial charge in [0.15, 0.2) is 0 Å². The maximum Gasteiger partial charge on any atom is 0.0798 e. The van der Waals surface area contributed by atoms with Crippen molar-refractivity contribution in [2.75, 3.05) is 6.54 Å². The van der Waals surface area contributed by atoms with Crippen LogP contribution >= 0.6 is 11.3 Å². The van der Waals surface area contributed by atoms with Crippen LogP contribution in [0.25, 0.3) is 0 Å². The second-order valence-electron chi connectivity index (χ2n) is 4.01. The predicted octanol–water partition coefficient (Wildman–Crippen LogP) is 2.24. The summed E-state index contributed by atoms with van der Waals surface area (Å²) in [5, 5.41) is 3.37. The van der Waals surface area contributed by atoms with Crippen molar-refractivity contribution in [3.8, 4) is 0 Å². The van der Waals surface area contributed by atoms with Crippen LogP contribution in [0.2, 0.25) is 0 Å². The van der Waals surface area contributed by atoms with E-state index in [1.54, 1.807) is 11.3 Å². The first-order valence-electron chi connectivity index (χ1n) is 5.67. The first-order valence-corrected chi connectivity index (χ1v) is 6.55. The first kappa shape index (κ1) is 12.2. The van der Waals surface area contributed by atoms with Crippen LogP contribution in [0.1, 0.15) is 22.2 Å². The minimum absolute atomic E-state index is 0.0458. The van der Waals surface area contributed by atoms with Gasteiger partial charge in [-0.3, -0.25) is 0 Å². The fourth-order valence-corrected chi connectivity index (χ4v) is 2.40. The number of nitrogens with one attached hydrogen (secondary N) is 1. The van der Waals surface area contributed by atoms with Crippen molar-refractivity contribution in [2.45, 2.75) is 19.5 Å². The zero-order valence-corrected chi connectivity index (χ0v) is 10.7.